The van der Waals surface area contributed by atoms with E-state index in [-0.39, 0.29) is 0 Å². The number of rotatable bonds is 5. The Hall–Kier alpha value is 0.544. The molecule has 0 aliphatic carbocycles. The van der Waals surface area contributed by atoms with Gasteiger partial charge in [0, 0.05) is 0 Å². The normalized spacial score (nSPS) is 12.5. The minimum atomic E-state index is 0.439. The fraction of sp³-hybridized carbons (Fsp3) is 1.00. The van der Waals surface area contributed by atoms with Crippen LogP contribution in [0.25, 0.3) is 0 Å². The third-order valence-electron chi connectivity index (χ3n) is 2.82. The van der Waals surface area contributed by atoms with Gasteiger partial charge in [-0.05, 0) is 0 Å². The molecule has 0 fully saturated rings. The van der Waals surface area contributed by atoms with Gasteiger partial charge in [-0.1, -0.05) is 0 Å². The van der Waals surface area contributed by atoms with Crippen molar-refractivity contribution in [2.75, 3.05) is 6.54 Å². The van der Waals surface area contributed by atoms with Crippen LogP contribution in [0.4, 0.5) is 0 Å². The summed E-state index contributed by atoms with van der Waals surface area (Å²) >= 11 is 2.69. The molecule has 0 saturated carbocycles. The van der Waals surface area contributed by atoms with Gasteiger partial charge in [0.05, 0.1) is 0 Å². The van der Waals surface area contributed by atoms with Gasteiger partial charge in [0.1, 0.15) is 0 Å². The second-order valence-electron chi connectivity index (χ2n) is 3.00. The van der Waals surface area contributed by atoms with Gasteiger partial charge in [-0.2, -0.15) is 0 Å². The fourth-order valence-electron chi connectivity index (χ4n) is 1.63. The second-order valence-corrected chi connectivity index (χ2v) is 3.75. The average molecular weight is 193 g/mol. The zero-order valence-electron chi connectivity index (χ0n) is 8.22. The van der Waals surface area contributed by atoms with Crippen molar-refractivity contribution >= 4 is 0 Å². The summed E-state index contributed by atoms with van der Waals surface area (Å²) in [6.45, 7) is 10.2. The van der Waals surface area contributed by atoms with E-state index < -0.39 is 0 Å². The van der Waals surface area contributed by atoms with E-state index >= 15 is 0 Å². The van der Waals surface area contributed by atoms with E-state index in [2.05, 4.69) is 49.1 Å². The molecule has 0 unspecified atom stereocenters. The van der Waals surface area contributed by atoms with Crippen molar-refractivity contribution < 1.29 is 17.7 Å². The van der Waals surface area contributed by atoms with E-state index in [4.69, 9.17) is 0 Å². The van der Waals surface area contributed by atoms with Gasteiger partial charge < -0.3 is 0 Å². The van der Waals surface area contributed by atoms with Crippen LogP contribution < -0.4 is 0 Å². The van der Waals surface area contributed by atoms with Crippen molar-refractivity contribution in [1.82, 2.24) is 3.75 Å². The summed E-state index contributed by atoms with van der Waals surface area (Å²) in [6, 6.07) is 0. The van der Waals surface area contributed by atoms with E-state index in [1.165, 1.54) is 19.3 Å². The van der Waals surface area contributed by atoms with E-state index in [0.717, 1.165) is 6.54 Å². The van der Waals surface area contributed by atoms with Gasteiger partial charge in [0.25, 0.3) is 0 Å². The molecule has 0 spiro atoms. The first kappa shape index (κ1) is 11.5. The Bertz CT molecular complexity index is 91.5. The quantitative estimate of drug-likeness (QED) is 0.649. The molecule has 0 aromatic rings. The van der Waals surface area contributed by atoms with Crippen LogP contribution in [0.15, 0.2) is 0 Å². The summed E-state index contributed by atoms with van der Waals surface area (Å²) in [4.78, 5) is 0. The molecule has 0 aromatic heterocycles. The van der Waals surface area contributed by atoms with E-state index in [1.54, 1.807) is 0 Å². The van der Waals surface area contributed by atoms with E-state index in [0.29, 0.717) is 5.54 Å². The molecule has 1 nitrogen and oxygen atoms in total. The molecule has 0 atom stereocenters. The SMILES string of the molecule is CC[N]([V])C(CC)(CC)CC. The first-order valence-corrected chi connectivity index (χ1v) is 5.25. The van der Waals surface area contributed by atoms with Crippen LogP contribution in [0.2, 0.25) is 0 Å². The Kier molecular flexibility index (Phi) is 5.50. The van der Waals surface area contributed by atoms with Gasteiger partial charge in [-0.25, -0.2) is 0 Å². The number of hydrogen-bond acceptors (Lipinski definition) is 1. The van der Waals surface area contributed by atoms with Crippen molar-refractivity contribution in [3.63, 3.8) is 0 Å². The third kappa shape index (κ3) is 2.50. The molecular formula is C9H20NV. The zero-order valence-corrected chi connectivity index (χ0v) is 9.62. The molecule has 0 saturated heterocycles. The maximum absolute atomic E-state index is 2.69. The molecule has 0 aliphatic heterocycles. The predicted molar refractivity (Wildman–Crippen MR) is 46.0 cm³/mol. The van der Waals surface area contributed by atoms with Crippen LogP contribution in [0.3, 0.4) is 0 Å². The molecule has 0 bridgehead atoms. The van der Waals surface area contributed by atoms with Crippen LogP contribution >= 0.6 is 0 Å². The topological polar surface area (TPSA) is 3.24 Å². The Morgan fingerprint density at radius 3 is 1.45 bits per heavy atom. The third-order valence-corrected chi connectivity index (χ3v) is 3.93. The van der Waals surface area contributed by atoms with Crippen LogP contribution in [-0.4, -0.2) is 15.8 Å². The van der Waals surface area contributed by atoms with E-state index in [1.807, 2.05) is 0 Å². The zero-order chi connectivity index (χ0) is 8.91. The molecule has 66 valence electrons. The monoisotopic (exact) mass is 193 g/mol. The van der Waals surface area contributed by atoms with Gasteiger partial charge in [-0.15, -0.1) is 0 Å². The molecule has 0 radical (unpaired) electrons. The first-order valence-electron chi connectivity index (χ1n) is 4.63. The van der Waals surface area contributed by atoms with Crippen molar-refractivity contribution in [3.8, 4) is 0 Å². The number of hydrogen-bond donors (Lipinski definition) is 0. The van der Waals surface area contributed by atoms with Crippen LogP contribution in [0.5, 0.6) is 0 Å². The molecule has 0 aliphatic rings. The average Bonchev–Trinajstić information content (AvgIpc) is 2.08. The maximum atomic E-state index is 2.69. The molecular weight excluding hydrogens is 173 g/mol. The van der Waals surface area contributed by atoms with E-state index in [9.17, 15) is 0 Å². The summed E-state index contributed by atoms with van der Waals surface area (Å²) in [5.41, 5.74) is 0.439. The van der Waals surface area contributed by atoms with Gasteiger partial charge in [-0.3, -0.25) is 0 Å². The minimum absolute atomic E-state index is 0.439. The summed E-state index contributed by atoms with van der Waals surface area (Å²) in [5, 5.41) is 0. The van der Waals surface area contributed by atoms with Crippen molar-refractivity contribution in [3.05, 3.63) is 0 Å². The van der Waals surface area contributed by atoms with Crippen molar-refractivity contribution in [2.45, 2.75) is 52.5 Å². The van der Waals surface area contributed by atoms with Crippen molar-refractivity contribution in [1.29, 1.82) is 0 Å². The summed E-state index contributed by atoms with van der Waals surface area (Å²) in [5.74, 6) is 0. The standard InChI is InChI=1S/C9H20N.V/c1-5-9(6-2,7-3)10-8-4;/h5-8H2,1-4H3;/q-1;+1. The Morgan fingerprint density at radius 1 is 1.00 bits per heavy atom. The van der Waals surface area contributed by atoms with Gasteiger partial charge in [0.2, 0.25) is 0 Å². The Balaban J connectivity index is 4.26. The molecule has 0 rings (SSSR count). The van der Waals surface area contributed by atoms with Crippen LogP contribution in [0, 0.1) is 0 Å². The summed E-state index contributed by atoms with van der Waals surface area (Å²) in [6.07, 6.45) is 3.76. The molecule has 0 amide bonds. The first-order chi connectivity index (χ1) is 5.16. The molecule has 0 N–H and O–H groups in total. The molecule has 0 aromatic carbocycles. The molecule has 0 heterocycles. The van der Waals surface area contributed by atoms with Crippen LogP contribution in [0.1, 0.15) is 47.0 Å². The summed E-state index contributed by atoms with van der Waals surface area (Å²) < 4.78 is 2.42. The van der Waals surface area contributed by atoms with Gasteiger partial charge in [0.15, 0.2) is 0 Å². The Morgan fingerprint density at radius 2 is 1.36 bits per heavy atom. The van der Waals surface area contributed by atoms with Gasteiger partial charge >= 0.3 is 80.4 Å². The predicted octanol–water partition coefficient (Wildman–Crippen LogP) is 2.74. The number of nitrogens with zero attached hydrogens (tertiary/aromatic N) is 1. The Labute approximate surface area is 80.7 Å². The fourth-order valence-corrected chi connectivity index (χ4v) is 2.30. The second kappa shape index (κ2) is 5.24. The van der Waals surface area contributed by atoms with Crippen LogP contribution in [-0.2, 0) is 17.7 Å². The molecule has 2 heteroatoms. The summed E-state index contributed by atoms with van der Waals surface area (Å²) in [7, 11) is 0. The molecule has 11 heavy (non-hydrogen) atoms. The van der Waals surface area contributed by atoms with Crippen molar-refractivity contribution in [2.24, 2.45) is 0 Å².